The maximum Gasteiger partial charge on any atom is 0.516 e. The maximum absolute atomic E-state index is 12.4. The van der Waals surface area contributed by atoms with E-state index in [0.29, 0.717) is 37.7 Å². The normalized spacial score (nSPS) is 14.9. The minimum atomic E-state index is -5.46. The van der Waals surface area contributed by atoms with Crippen LogP contribution in [-0.4, -0.2) is 67.3 Å². The highest BCUT2D eigenvalue weighted by Gasteiger charge is 2.46. The van der Waals surface area contributed by atoms with E-state index in [4.69, 9.17) is 4.74 Å². The van der Waals surface area contributed by atoms with Gasteiger partial charge in [-0.2, -0.15) is 21.6 Å². The van der Waals surface area contributed by atoms with Crippen LogP contribution in [0.1, 0.15) is 6.42 Å². The van der Waals surface area contributed by atoms with Crippen LogP contribution in [0.15, 0.2) is 39.9 Å². The molecule has 0 spiro atoms. The van der Waals surface area contributed by atoms with Crippen LogP contribution in [0.4, 0.5) is 24.7 Å². The third-order valence-corrected chi connectivity index (χ3v) is 6.61. The minimum absolute atomic E-state index is 0. The number of ether oxygens (including phenoxy) is 1. The lowest BCUT2D eigenvalue weighted by atomic mass is 10.3. The van der Waals surface area contributed by atoms with E-state index in [1.165, 1.54) is 46.7 Å². The first kappa shape index (κ1) is 28.5. The van der Waals surface area contributed by atoms with Crippen LogP contribution >= 0.6 is 12.4 Å². The molecule has 2 heterocycles. The van der Waals surface area contributed by atoms with Crippen LogP contribution in [0.2, 0.25) is 0 Å². The molecular formula is C20H27ClF3N5O5S. The Morgan fingerprint density at radius 2 is 1.60 bits per heavy atom. The summed E-state index contributed by atoms with van der Waals surface area (Å²) in [5, 5.41) is 0. The molecule has 0 radical (unpaired) electrons. The Bertz CT molecular complexity index is 1220. The van der Waals surface area contributed by atoms with Gasteiger partial charge in [0.05, 0.1) is 6.61 Å². The number of nitrogens with zero attached hydrogens (tertiary/aromatic N) is 4. The molecule has 35 heavy (non-hydrogen) atoms. The highest BCUT2D eigenvalue weighted by Crippen LogP contribution is 2.26. The van der Waals surface area contributed by atoms with Crippen molar-refractivity contribution >= 4 is 33.9 Å². The van der Waals surface area contributed by atoms with Crippen LogP contribution in [-0.2, 0) is 24.1 Å². The Balaban J connectivity index is 0.00000432. The van der Waals surface area contributed by atoms with Gasteiger partial charge in [0.25, 0.3) is 5.56 Å². The summed E-state index contributed by atoms with van der Waals surface area (Å²) >= 11 is 0. The highest BCUT2D eigenvalue weighted by atomic mass is 35.5. The molecule has 1 aromatic heterocycles. The molecule has 0 amide bonds. The fourth-order valence-corrected chi connectivity index (χ4v) is 4.10. The van der Waals surface area contributed by atoms with Crippen molar-refractivity contribution in [3.05, 3.63) is 51.2 Å². The molecule has 0 aliphatic carbocycles. The van der Waals surface area contributed by atoms with Crippen molar-refractivity contribution < 1.29 is 26.3 Å². The van der Waals surface area contributed by atoms with E-state index in [1.807, 2.05) is 4.90 Å². The van der Waals surface area contributed by atoms with E-state index in [-0.39, 0.29) is 29.3 Å². The zero-order valence-electron chi connectivity index (χ0n) is 19.1. The fraction of sp³-hybridized carbons (Fsp3) is 0.500. The summed E-state index contributed by atoms with van der Waals surface area (Å²) in [6.45, 7) is 3.95. The lowest BCUT2D eigenvalue weighted by molar-refractivity contribution is -0.0429. The first-order valence-electron chi connectivity index (χ1n) is 10.5. The monoisotopic (exact) mass is 541 g/mol. The standard InChI is InChI=1S/C20H26F3N5O5S.ClH/c1-25-17(14-18(29)26(2)19(25)30)28-11-9-27(10-12-28)8-3-13-33-16-6-4-15(5-7-16)24-34(31,32)20(21,22)23;/h4-7,14,24H,3,8-13H2,1-2H3;1H. The quantitative estimate of drug-likeness (QED) is 0.503. The molecule has 10 nitrogen and oxygen atoms in total. The largest absolute Gasteiger partial charge is 0.516 e. The van der Waals surface area contributed by atoms with Crippen molar-refractivity contribution in [2.24, 2.45) is 14.1 Å². The van der Waals surface area contributed by atoms with Crippen LogP contribution < -0.4 is 25.6 Å². The summed E-state index contributed by atoms with van der Waals surface area (Å²) in [7, 11) is -2.38. The number of benzene rings is 1. The van der Waals surface area contributed by atoms with E-state index in [2.05, 4.69) is 4.90 Å². The zero-order valence-corrected chi connectivity index (χ0v) is 20.7. The summed E-state index contributed by atoms with van der Waals surface area (Å²) in [6.07, 6.45) is 0.701. The third kappa shape index (κ3) is 6.92. The molecule has 196 valence electrons. The summed E-state index contributed by atoms with van der Waals surface area (Å²) in [5.41, 5.74) is -6.31. The lowest BCUT2D eigenvalue weighted by Crippen LogP contribution is -2.49. The molecular weight excluding hydrogens is 515 g/mol. The maximum atomic E-state index is 12.4. The van der Waals surface area contributed by atoms with Crippen molar-refractivity contribution in [2.45, 2.75) is 11.9 Å². The molecule has 0 unspecified atom stereocenters. The predicted octanol–water partition coefficient (Wildman–Crippen LogP) is 1.36. The number of hydrogen-bond donors (Lipinski definition) is 1. The predicted molar refractivity (Wildman–Crippen MR) is 128 cm³/mol. The second-order valence-electron chi connectivity index (χ2n) is 7.85. The molecule has 1 fully saturated rings. The van der Waals surface area contributed by atoms with Gasteiger partial charge in [0.2, 0.25) is 0 Å². The van der Waals surface area contributed by atoms with Gasteiger partial charge in [-0.25, -0.2) is 4.79 Å². The molecule has 1 N–H and O–H groups in total. The van der Waals surface area contributed by atoms with Crippen molar-refractivity contribution in [1.82, 2.24) is 14.0 Å². The van der Waals surface area contributed by atoms with Crippen molar-refractivity contribution in [2.75, 3.05) is 49.0 Å². The number of sulfonamides is 1. The number of anilines is 2. The zero-order chi connectivity index (χ0) is 25.1. The smallest absolute Gasteiger partial charge is 0.494 e. The lowest BCUT2D eigenvalue weighted by Gasteiger charge is -2.36. The molecule has 0 saturated carbocycles. The van der Waals surface area contributed by atoms with Gasteiger partial charge >= 0.3 is 21.2 Å². The van der Waals surface area contributed by atoms with Gasteiger partial charge in [-0.15, -0.1) is 12.4 Å². The molecule has 15 heteroatoms. The Morgan fingerprint density at radius 3 is 2.17 bits per heavy atom. The number of halogens is 4. The third-order valence-electron chi connectivity index (χ3n) is 5.50. The van der Waals surface area contributed by atoms with Gasteiger partial charge in [-0.3, -0.25) is 23.6 Å². The van der Waals surface area contributed by atoms with Crippen LogP contribution in [0.25, 0.3) is 0 Å². The van der Waals surface area contributed by atoms with Crippen LogP contribution in [0.5, 0.6) is 5.75 Å². The van der Waals surface area contributed by atoms with E-state index < -0.39 is 15.5 Å². The Kier molecular flexibility index (Phi) is 9.25. The van der Waals surface area contributed by atoms with Gasteiger partial charge in [0.1, 0.15) is 11.6 Å². The number of hydrogen-bond acceptors (Lipinski definition) is 7. The highest BCUT2D eigenvalue weighted by molar-refractivity contribution is 7.93. The molecule has 3 rings (SSSR count). The molecule has 1 aliphatic rings. The van der Waals surface area contributed by atoms with Crippen molar-refractivity contribution in [1.29, 1.82) is 0 Å². The first-order chi connectivity index (χ1) is 15.9. The minimum Gasteiger partial charge on any atom is -0.494 e. The van der Waals surface area contributed by atoms with Gasteiger partial charge in [-0.05, 0) is 30.7 Å². The van der Waals surface area contributed by atoms with Crippen molar-refractivity contribution in [3.63, 3.8) is 0 Å². The summed E-state index contributed by atoms with van der Waals surface area (Å²) in [6, 6.07) is 6.64. The van der Waals surface area contributed by atoms with E-state index in [9.17, 15) is 31.2 Å². The Hall–Kier alpha value is -2.71. The number of rotatable bonds is 8. The average Bonchev–Trinajstić information content (AvgIpc) is 2.78. The molecule has 1 saturated heterocycles. The van der Waals surface area contributed by atoms with Gasteiger partial charge in [0, 0.05) is 58.6 Å². The molecule has 1 aromatic carbocycles. The Morgan fingerprint density at radius 1 is 1.00 bits per heavy atom. The van der Waals surface area contributed by atoms with Crippen LogP contribution in [0, 0.1) is 0 Å². The first-order valence-corrected chi connectivity index (χ1v) is 11.9. The molecule has 0 bridgehead atoms. The van der Waals surface area contributed by atoms with E-state index in [0.717, 1.165) is 24.2 Å². The molecule has 2 aromatic rings. The second kappa shape index (κ2) is 11.4. The fourth-order valence-electron chi connectivity index (χ4n) is 3.54. The van der Waals surface area contributed by atoms with Gasteiger partial charge in [0.15, 0.2) is 0 Å². The molecule has 1 aliphatic heterocycles. The second-order valence-corrected chi connectivity index (χ2v) is 9.52. The van der Waals surface area contributed by atoms with E-state index in [1.54, 1.807) is 7.05 Å². The summed E-state index contributed by atoms with van der Waals surface area (Å²) < 4.78 is 69.1. The molecule has 0 atom stereocenters. The van der Waals surface area contributed by atoms with Gasteiger partial charge in [-0.1, -0.05) is 0 Å². The topological polar surface area (TPSA) is 106 Å². The number of aromatic nitrogens is 2. The Labute approximate surface area is 206 Å². The number of piperazine rings is 1. The van der Waals surface area contributed by atoms with Gasteiger partial charge < -0.3 is 9.64 Å². The SMILES string of the molecule is Cl.Cn1c(N2CCN(CCCOc3ccc(NS(=O)(=O)C(F)(F)F)cc3)CC2)cc(=O)n(C)c1=O. The summed E-state index contributed by atoms with van der Waals surface area (Å²) in [5.74, 6) is 1.00. The van der Waals surface area contributed by atoms with Crippen LogP contribution in [0.3, 0.4) is 0 Å². The number of alkyl halides is 3. The number of nitrogens with one attached hydrogen (secondary N) is 1. The van der Waals surface area contributed by atoms with Crippen molar-refractivity contribution in [3.8, 4) is 5.75 Å². The average molecular weight is 542 g/mol. The van der Waals surface area contributed by atoms with E-state index >= 15 is 0 Å². The summed E-state index contributed by atoms with van der Waals surface area (Å²) in [4.78, 5) is 28.3.